The summed E-state index contributed by atoms with van der Waals surface area (Å²) in [5, 5.41) is 2.81. The molecule has 26 heavy (non-hydrogen) atoms. The molecule has 0 bridgehead atoms. The van der Waals surface area contributed by atoms with Crippen LogP contribution in [0.2, 0.25) is 0 Å². The van der Waals surface area contributed by atoms with Crippen molar-refractivity contribution in [2.24, 2.45) is 0 Å². The maximum absolute atomic E-state index is 12.9. The number of carbonyl (C=O) groups excluding carboxylic acids is 3. The Bertz CT molecular complexity index is 840. The first-order valence-electron chi connectivity index (χ1n) is 8.20. The van der Waals surface area contributed by atoms with Crippen LogP contribution in [0.1, 0.15) is 23.8 Å². The fourth-order valence-corrected chi connectivity index (χ4v) is 2.92. The summed E-state index contributed by atoms with van der Waals surface area (Å²) in [6, 6.07) is 6.80. The van der Waals surface area contributed by atoms with Gasteiger partial charge in [-0.1, -0.05) is 12.1 Å². The number of benzene rings is 1. The first-order chi connectivity index (χ1) is 12.5. The van der Waals surface area contributed by atoms with Crippen LogP contribution in [0.4, 0.5) is 11.4 Å². The molecule has 0 saturated carbocycles. The predicted octanol–water partition coefficient (Wildman–Crippen LogP) is 1.31. The lowest BCUT2D eigenvalue weighted by molar-refractivity contribution is -0.119. The molecular formula is C18H19N5O3. The van der Waals surface area contributed by atoms with Crippen LogP contribution in [-0.2, 0) is 9.59 Å². The molecule has 0 radical (unpaired) electrons. The summed E-state index contributed by atoms with van der Waals surface area (Å²) in [5.74, 6) is -0.818. The van der Waals surface area contributed by atoms with Crippen LogP contribution in [-0.4, -0.2) is 52.2 Å². The lowest BCUT2D eigenvalue weighted by Gasteiger charge is -2.29. The van der Waals surface area contributed by atoms with E-state index >= 15 is 0 Å². The van der Waals surface area contributed by atoms with Gasteiger partial charge < -0.3 is 15.1 Å². The fraction of sp³-hybridized carbons (Fsp3) is 0.278. The van der Waals surface area contributed by atoms with Crippen molar-refractivity contribution >= 4 is 29.1 Å². The Morgan fingerprint density at radius 1 is 1.31 bits per heavy atom. The van der Waals surface area contributed by atoms with Crippen molar-refractivity contribution in [3.63, 3.8) is 0 Å². The average molecular weight is 353 g/mol. The molecule has 1 atom stereocenters. The molecule has 8 nitrogen and oxygen atoms in total. The van der Waals surface area contributed by atoms with Gasteiger partial charge in [0.25, 0.3) is 5.91 Å². The maximum atomic E-state index is 12.9. The van der Waals surface area contributed by atoms with E-state index in [1.807, 2.05) is 6.92 Å². The Morgan fingerprint density at radius 2 is 2.08 bits per heavy atom. The summed E-state index contributed by atoms with van der Waals surface area (Å²) in [4.78, 5) is 48.0. The monoisotopic (exact) mass is 353 g/mol. The van der Waals surface area contributed by atoms with Gasteiger partial charge in [-0.2, -0.15) is 0 Å². The van der Waals surface area contributed by atoms with Crippen LogP contribution >= 0.6 is 0 Å². The summed E-state index contributed by atoms with van der Waals surface area (Å²) < 4.78 is 0. The standard InChI is InChI=1S/C18H19N5O3/c1-12-9-16(24)21-13-5-3-4-6-15(13)23(12)17(25)11-22(2)18(26)14-10-19-7-8-20-14/h3-8,10,12H,9,11H2,1-2H3,(H,21,24). The lowest BCUT2D eigenvalue weighted by atomic mass is 10.1. The second-order valence-electron chi connectivity index (χ2n) is 6.13. The number of carbonyl (C=O) groups is 3. The van der Waals surface area contributed by atoms with Crippen LogP contribution < -0.4 is 10.2 Å². The van der Waals surface area contributed by atoms with E-state index in [1.165, 1.54) is 30.5 Å². The summed E-state index contributed by atoms with van der Waals surface area (Å²) in [5.41, 5.74) is 1.37. The van der Waals surface area contributed by atoms with Crippen molar-refractivity contribution in [1.82, 2.24) is 14.9 Å². The van der Waals surface area contributed by atoms with Gasteiger partial charge in [0, 0.05) is 31.9 Å². The molecular weight excluding hydrogens is 334 g/mol. The molecule has 3 amide bonds. The molecule has 1 aliphatic rings. The fourth-order valence-electron chi connectivity index (χ4n) is 2.92. The number of hydrogen-bond acceptors (Lipinski definition) is 5. The number of aromatic nitrogens is 2. The Kier molecular flexibility index (Phi) is 4.92. The molecule has 0 spiro atoms. The zero-order chi connectivity index (χ0) is 18.7. The highest BCUT2D eigenvalue weighted by Crippen LogP contribution is 2.31. The van der Waals surface area contributed by atoms with Gasteiger partial charge in [0.1, 0.15) is 12.2 Å². The number of amides is 3. The predicted molar refractivity (Wildman–Crippen MR) is 95.6 cm³/mol. The highest BCUT2D eigenvalue weighted by molar-refractivity contribution is 6.06. The molecule has 0 saturated heterocycles. The second-order valence-corrected chi connectivity index (χ2v) is 6.13. The Hall–Kier alpha value is -3.29. The van der Waals surface area contributed by atoms with Crippen LogP contribution in [0.5, 0.6) is 0 Å². The highest BCUT2D eigenvalue weighted by atomic mass is 16.2. The Labute approximate surface area is 150 Å². The molecule has 2 heterocycles. The van der Waals surface area contributed by atoms with Gasteiger partial charge >= 0.3 is 0 Å². The number of rotatable bonds is 3. The SMILES string of the molecule is CC1CC(=O)Nc2ccccc2N1C(=O)CN(C)C(=O)c1cnccn1. The van der Waals surface area contributed by atoms with Gasteiger partial charge in [-0.25, -0.2) is 4.98 Å². The van der Waals surface area contributed by atoms with E-state index in [9.17, 15) is 14.4 Å². The van der Waals surface area contributed by atoms with Crippen LogP contribution in [0.3, 0.4) is 0 Å². The third kappa shape index (κ3) is 3.53. The van der Waals surface area contributed by atoms with Crippen molar-refractivity contribution in [1.29, 1.82) is 0 Å². The van der Waals surface area contributed by atoms with Gasteiger partial charge in [-0.3, -0.25) is 19.4 Å². The average Bonchev–Trinajstić information content (AvgIpc) is 2.75. The van der Waals surface area contributed by atoms with E-state index in [1.54, 1.807) is 29.2 Å². The summed E-state index contributed by atoms with van der Waals surface area (Å²) in [6.07, 6.45) is 4.44. The van der Waals surface area contributed by atoms with Crippen molar-refractivity contribution in [3.8, 4) is 0 Å². The zero-order valence-corrected chi connectivity index (χ0v) is 14.5. The summed E-state index contributed by atoms with van der Waals surface area (Å²) in [6.45, 7) is 1.67. The molecule has 1 N–H and O–H groups in total. The van der Waals surface area contributed by atoms with E-state index in [-0.39, 0.29) is 36.5 Å². The number of likely N-dealkylation sites (N-methyl/N-ethyl adjacent to an activating group) is 1. The molecule has 134 valence electrons. The van der Waals surface area contributed by atoms with Crippen molar-refractivity contribution in [2.75, 3.05) is 23.8 Å². The minimum atomic E-state index is -0.392. The van der Waals surface area contributed by atoms with Gasteiger partial charge in [0.05, 0.1) is 17.6 Å². The van der Waals surface area contributed by atoms with E-state index in [2.05, 4.69) is 15.3 Å². The van der Waals surface area contributed by atoms with Gasteiger partial charge in [0.15, 0.2) is 0 Å². The molecule has 1 aromatic heterocycles. The quantitative estimate of drug-likeness (QED) is 0.898. The topological polar surface area (TPSA) is 95.5 Å². The first kappa shape index (κ1) is 17.5. The molecule has 1 unspecified atom stereocenters. The van der Waals surface area contributed by atoms with Gasteiger partial charge in [-0.05, 0) is 19.1 Å². The maximum Gasteiger partial charge on any atom is 0.274 e. The van der Waals surface area contributed by atoms with E-state index in [0.717, 1.165) is 0 Å². The number of para-hydroxylation sites is 2. The van der Waals surface area contributed by atoms with E-state index in [4.69, 9.17) is 0 Å². The summed E-state index contributed by atoms with van der Waals surface area (Å²) in [7, 11) is 1.53. The molecule has 8 heteroatoms. The third-order valence-corrected chi connectivity index (χ3v) is 4.13. The van der Waals surface area contributed by atoms with E-state index < -0.39 is 5.91 Å². The molecule has 0 aliphatic carbocycles. The minimum Gasteiger partial charge on any atom is -0.331 e. The lowest BCUT2D eigenvalue weighted by Crippen LogP contribution is -2.45. The van der Waals surface area contributed by atoms with Crippen LogP contribution in [0.25, 0.3) is 0 Å². The second kappa shape index (κ2) is 7.30. The number of nitrogens with one attached hydrogen (secondary N) is 1. The number of hydrogen-bond donors (Lipinski definition) is 1. The number of fused-ring (bicyclic) bond motifs is 1. The molecule has 1 aliphatic heterocycles. The smallest absolute Gasteiger partial charge is 0.274 e. The molecule has 0 fully saturated rings. The third-order valence-electron chi connectivity index (χ3n) is 4.13. The largest absolute Gasteiger partial charge is 0.331 e. The molecule has 3 rings (SSSR count). The number of anilines is 2. The minimum absolute atomic E-state index is 0.137. The first-order valence-corrected chi connectivity index (χ1v) is 8.20. The van der Waals surface area contributed by atoms with E-state index in [0.29, 0.717) is 11.4 Å². The van der Waals surface area contributed by atoms with Gasteiger partial charge in [0.2, 0.25) is 11.8 Å². The number of nitrogens with zero attached hydrogens (tertiary/aromatic N) is 4. The van der Waals surface area contributed by atoms with Gasteiger partial charge in [-0.15, -0.1) is 0 Å². The Balaban J connectivity index is 1.82. The normalized spacial score (nSPS) is 16.3. The zero-order valence-electron chi connectivity index (χ0n) is 14.5. The van der Waals surface area contributed by atoms with Crippen LogP contribution in [0, 0.1) is 0 Å². The van der Waals surface area contributed by atoms with Crippen molar-refractivity contribution < 1.29 is 14.4 Å². The van der Waals surface area contributed by atoms with Crippen molar-refractivity contribution in [3.05, 3.63) is 48.5 Å². The van der Waals surface area contributed by atoms with Crippen LogP contribution in [0.15, 0.2) is 42.9 Å². The Morgan fingerprint density at radius 3 is 2.81 bits per heavy atom. The molecule has 1 aromatic carbocycles. The summed E-state index contributed by atoms with van der Waals surface area (Å²) >= 11 is 0. The van der Waals surface area contributed by atoms with Crippen molar-refractivity contribution in [2.45, 2.75) is 19.4 Å². The highest BCUT2D eigenvalue weighted by Gasteiger charge is 2.30. The molecule has 2 aromatic rings.